The molecule has 128 valence electrons. The lowest BCUT2D eigenvalue weighted by molar-refractivity contribution is 0.0784. The lowest BCUT2D eigenvalue weighted by Crippen LogP contribution is -2.26. The van der Waals surface area contributed by atoms with E-state index in [-0.39, 0.29) is 5.91 Å². The van der Waals surface area contributed by atoms with E-state index in [0.29, 0.717) is 24.5 Å². The van der Waals surface area contributed by atoms with Crippen LogP contribution in [0.15, 0.2) is 54.6 Å². The average molecular weight is 353 g/mol. The molecule has 3 rings (SSSR count). The quantitative estimate of drug-likeness (QED) is 0.678. The molecule has 0 fully saturated rings. The van der Waals surface area contributed by atoms with Crippen LogP contribution in [-0.2, 0) is 13.2 Å². The fourth-order valence-corrected chi connectivity index (χ4v) is 2.95. The van der Waals surface area contributed by atoms with Crippen molar-refractivity contribution in [2.75, 3.05) is 7.05 Å². The van der Waals surface area contributed by atoms with Crippen molar-refractivity contribution in [3.63, 3.8) is 0 Å². The fourth-order valence-electron chi connectivity index (χ4n) is 2.40. The van der Waals surface area contributed by atoms with Crippen molar-refractivity contribution in [3.8, 4) is 5.75 Å². The molecular formula is C19H19N3O2S. The molecule has 1 amide bonds. The van der Waals surface area contributed by atoms with Crippen molar-refractivity contribution in [2.45, 2.75) is 20.1 Å². The van der Waals surface area contributed by atoms with E-state index in [2.05, 4.69) is 8.75 Å². The van der Waals surface area contributed by atoms with Crippen LogP contribution in [0.25, 0.3) is 0 Å². The van der Waals surface area contributed by atoms with Gasteiger partial charge in [0.25, 0.3) is 5.91 Å². The molecule has 0 spiro atoms. The van der Waals surface area contributed by atoms with E-state index in [9.17, 15) is 4.79 Å². The molecule has 0 N–H and O–H groups in total. The third-order valence-electron chi connectivity index (χ3n) is 3.81. The zero-order valence-corrected chi connectivity index (χ0v) is 15.0. The van der Waals surface area contributed by atoms with Gasteiger partial charge in [-0.15, -0.1) is 0 Å². The number of nitrogens with zero attached hydrogens (tertiary/aromatic N) is 3. The van der Waals surface area contributed by atoms with E-state index < -0.39 is 0 Å². The summed E-state index contributed by atoms with van der Waals surface area (Å²) in [5.41, 5.74) is 3.39. The summed E-state index contributed by atoms with van der Waals surface area (Å²) in [6, 6.07) is 17.1. The number of amides is 1. The van der Waals surface area contributed by atoms with Crippen LogP contribution in [0, 0.1) is 6.92 Å². The van der Waals surface area contributed by atoms with Crippen molar-refractivity contribution >= 4 is 17.6 Å². The molecular weight excluding hydrogens is 334 g/mol. The number of aryl methyl sites for hydroxylation is 1. The number of rotatable bonds is 6. The molecule has 0 atom stereocenters. The highest BCUT2D eigenvalue weighted by molar-refractivity contribution is 6.99. The first-order chi connectivity index (χ1) is 12.1. The summed E-state index contributed by atoms with van der Waals surface area (Å²) >= 11 is 1.17. The minimum atomic E-state index is -0.0409. The van der Waals surface area contributed by atoms with Gasteiger partial charge in [-0.2, -0.15) is 8.75 Å². The smallest absolute Gasteiger partial charge is 0.254 e. The number of benzene rings is 2. The van der Waals surface area contributed by atoms with Crippen molar-refractivity contribution in [2.24, 2.45) is 0 Å². The minimum Gasteiger partial charge on any atom is -0.487 e. The van der Waals surface area contributed by atoms with E-state index >= 15 is 0 Å². The predicted molar refractivity (Wildman–Crippen MR) is 97.7 cm³/mol. The zero-order valence-electron chi connectivity index (χ0n) is 14.2. The number of hydrogen-bond donors (Lipinski definition) is 0. The standard InChI is InChI=1S/C19H19N3O2S/c1-14-18(21-25-20-14)13-24-17-10-6-9-16(11-17)19(23)22(2)12-15-7-4-3-5-8-15/h3-11H,12-13H2,1-2H3. The topological polar surface area (TPSA) is 55.3 Å². The average Bonchev–Trinajstić information content (AvgIpc) is 3.05. The first-order valence-electron chi connectivity index (χ1n) is 7.94. The van der Waals surface area contributed by atoms with Crippen LogP contribution in [0.3, 0.4) is 0 Å². The monoisotopic (exact) mass is 353 g/mol. The Morgan fingerprint density at radius 1 is 1.12 bits per heavy atom. The Hall–Kier alpha value is -2.73. The van der Waals surface area contributed by atoms with Gasteiger partial charge >= 0.3 is 0 Å². The maximum Gasteiger partial charge on any atom is 0.254 e. The van der Waals surface area contributed by atoms with Crippen LogP contribution in [0.5, 0.6) is 5.75 Å². The molecule has 0 unspecified atom stereocenters. The molecule has 0 saturated heterocycles. The number of carbonyl (C=O) groups is 1. The first kappa shape index (κ1) is 17.1. The van der Waals surface area contributed by atoms with Gasteiger partial charge in [0.2, 0.25) is 0 Å². The molecule has 0 radical (unpaired) electrons. The van der Waals surface area contributed by atoms with Gasteiger partial charge < -0.3 is 9.64 Å². The van der Waals surface area contributed by atoms with Gasteiger partial charge in [-0.25, -0.2) is 0 Å². The van der Waals surface area contributed by atoms with Gasteiger partial charge in [0.05, 0.1) is 17.4 Å². The Morgan fingerprint density at radius 2 is 1.92 bits per heavy atom. The Kier molecular flexibility index (Phi) is 5.40. The summed E-state index contributed by atoms with van der Waals surface area (Å²) in [6.07, 6.45) is 0. The van der Waals surface area contributed by atoms with Gasteiger partial charge in [0.1, 0.15) is 18.1 Å². The molecule has 0 aliphatic heterocycles. The first-order valence-corrected chi connectivity index (χ1v) is 8.67. The summed E-state index contributed by atoms with van der Waals surface area (Å²) in [6.45, 7) is 2.81. The van der Waals surface area contributed by atoms with Crippen LogP contribution in [-0.4, -0.2) is 26.6 Å². The molecule has 1 heterocycles. The minimum absolute atomic E-state index is 0.0409. The summed E-state index contributed by atoms with van der Waals surface area (Å²) in [4.78, 5) is 14.3. The maximum absolute atomic E-state index is 12.6. The van der Waals surface area contributed by atoms with Crippen LogP contribution >= 0.6 is 11.7 Å². The molecule has 3 aromatic rings. The lowest BCUT2D eigenvalue weighted by Gasteiger charge is -2.17. The number of ether oxygens (including phenoxy) is 1. The highest BCUT2D eigenvalue weighted by atomic mass is 32.1. The summed E-state index contributed by atoms with van der Waals surface area (Å²) in [7, 11) is 1.80. The summed E-state index contributed by atoms with van der Waals surface area (Å²) < 4.78 is 14.1. The fraction of sp³-hybridized carbons (Fsp3) is 0.211. The third-order valence-corrected chi connectivity index (χ3v) is 4.47. The van der Waals surface area contributed by atoms with Gasteiger partial charge in [0, 0.05) is 19.2 Å². The zero-order chi connectivity index (χ0) is 17.6. The third kappa shape index (κ3) is 4.42. The molecule has 0 saturated carbocycles. The summed E-state index contributed by atoms with van der Waals surface area (Å²) in [5.74, 6) is 0.604. The van der Waals surface area contributed by atoms with E-state index in [1.807, 2.05) is 49.4 Å². The second kappa shape index (κ2) is 7.90. The molecule has 5 nitrogen and oxygen atoms in total. The molecule has 25 heavy (non-hydrogen) atoms. The number of carbonyl (C=O) groups excluding carboxylic acids is 1. The van der Waals surface area contributed by atoms with E-state index in [4.69, 9.17) is 4.74 Å². The normalized spacial score (nSPS) is 10.5. The largest absolute Gasteiger partial charge is 0.487 e. The lowest BCUT2D eigenvalue weighted by atomic mass is 10.1. The van der Waals surface area contributed by atoms with Gasteiger partial charge in [0.15, 0.2) is 0 Å². The van der Waals surface area contributed by atoms with E-state index in [0.717, 1.165) is 17.0 Å². The number of aromatic nitrogens is 2. The molecule has 0 bridgehead atoms. The number of hydrogen-bond acceptors (Lipinski definition) is 5. The Labute approximate surface area is 151 Å². The second-order valence-corrected chi connectivity index (χ2v) is 6.29. The molecule has 2 aromatic carbocycles. The van der Waals surface area contributed by atoms with Crippen molar-refractivity contribution in [1.82, 2.24) is 13.6 Å². The highest BCUT2D eigenvalue weighted by Gasteiger charge is 2.13. The van der Waals surface area contributed by atoms with Crippen LogP contribution in [0.1, 0.15) is 27.3 Å². The molecule has 0 aliphatic rings. The summed E-state index contributed by atoms with van der Waals surface area (Å²) in [5, 5.41) is 0. The van der Waals surface area contributed by atoms with E-state index in [1.165, 1.54) is 11.7 Å². The van der Waals surface area contributed by atoms with Crippen molar-refractivity contribution in [1.29, 1.82) is 0 Å². The van der Waals surface area contributed by atoms with Crippen LogP contribution in [0.4, 0.5) is 0 Å². The SMILES string of the molecule is Cc1nsnc1COc1cccc(C(=O)N(C)Cc2ccccc2)c1. The van der Waals surface area contributed by atoms with Crippen LogP contribution < -0.4 is 4.74 Å². The second-order valence-electron chi connectivity index (χ2n) is 5.76. The molecule has 1 aromatic heterocycles. The van der Waals surface area contributed by atoms with Crippen molar-refractivity contribution in [3.05, 3.63) is 77.1 Å². The maximum atomic E-state index is 12.6. The Balaban J connectivity index is 1.65. The van der Waals surface area contributed by atoms with Crippen LogP contribution in [0.2, 0.25) is 0 Å². The Morgan fingerprint density at radius 3 is 2.64 bits per heavy atom. The molecule has 0 aliphatic carbocycles. The highest BCUT2D eigenvalue weighted by Crippen LogP contribution is 2.17. The predicted octanol–water partition coefficient (Wildman–Crippen LogP) is 3.70. The van der Waals surface area contributed by atoms with Gasteiger partial charge in [-0.3, -0.25) is 4.79 Å². The Bertz CT molecular complexity index is 849. The van der Waals surface area contributed by atoms with Gasteiger partial charge in [-0.1, -0.05) is 36.4 Å². The van der Waals surface area contributed by atoms with Gasteiger partial charge in [-0.05, 0) is 30.7 Å². The van der Waals surface area contributed by atoms with E-state index in [1.54, 1.807) is 24.1 Å². The molecule has 6 heteroatoms. The van der Waals surface area contributed by atoms with Crippen molar-refractivity contribution < 1.29 is 9.53 Å².